The number of aliphatic hydroxyl groups is 1. The van der Waals surface area contributed by atoms with Crippen LogP contribution in [0.5, 0.6) is 11.5 Å². The van der Waals surface area contributed by atoms with Crippen LogP contribution in [0.2, 0.25) is 0 Å². The number of hydrogen-bond donors (Lipinski definition) is 1. The van der Waals surface area contributed by atoms with Crippen LogP contribution in [0.15, 0.2) is 54.7 Å². The van der Waals surface area contributed by atoms with Gasteiger partial charge in [-0.25, -0.2) is 0 Å². The molecular weight excluding hydrogens is 394 g/mol. The number of hydrogen-bond acceptors (Lipinski definition) is 5. The molecule has 2 aliphatic rings. The first kappa shape index (κ1) is 19.6. The molecule has 1 amide bonds. The van der Waals surface area contributed by atoms with Crippen molar-refractivity contribution in [2.45, 2.75) is 18.4 Å². The van der Waals surface area contributed by atoms with Crippen LogP contribution in [0.25, 0.3) is 11.3 Å². The largest absolute Gasteiger partial charge is 0.491 e. The number of amides is 1. The maximum absolute atomic E-state index is 13.0. The van der Waals surface area contributed by atoms with Gasteiger partial charge < -0.3 is 19.5 Å². The Bertz CT molecular complexity index is 1100. The molecule has 162 valence electrons. The summed E-state index contributed by atoms with van der Waals surface area (Å²) in [5.74, 6) is 1.52. The lowest BCUT2D eigenvalue weighted by Gasteiger charge is -2.44. The molecule has 0 atom stereocenters. The molecule has 2 aliphatic heterocycles. The second-order valence-electron chi connectivity index (χ2n) is 8.01. The first-order chi connectivity index (χ1) is 15.1. The van der Waals surface area contributed by atoms with Crippen LogP contribution in [-0.4, -0.2) is 52.0 Å². The molecule has 3 heterocycles. The van der Waals surface area contributed by atoms with Crippen molar-refractivity contribution in [2.24, 2.45) is 7.05 Å². The first-order valence-electron chi connectivity index (χ1n) is 10.6. The molecule has 0 radical (unpaired) electrons. The number of aliphatic hydroxyl groups excluding tert-OH is 1. The van der Waals surface area contributed by atoms with E-state index >= 15 is 0 Å². The van der Waals surface area contributed by atoms with E-state index in [0.717, 1.165) is 22.6 Å². The zero-order chi connectivity index (χ0) is 21.4. The van der Waals surface area contributed by atoms with E-state index in [9.17, 15) is 4.79 Å². The average molecular weight is 421 g/mol. The Morgan fingerprint density at radius 2 is 1.94 bits per heavy atom. The van der Waals surface area contributed by atoms with Crippen molar-refractivity contribution >= 4 is 5.91 Å². The number of nitrogens with zero attached hydrogens (tertiary/aromatic N) is 3. The first-order valence-corrected chi connectivity index (χ1v) is 10.6. The van der Waals surface area contributed by atoms with E-state index in [2.05, 4.69) is 11.2 Å². The number of benzene rings is 2. The number of piperidine rings is 1. The van der Waals surface area contributed by atoms with Crippen molar-refractivity contribution in [2.75, 3.05) is 26.3 Å². The maximum atomic E-state index is 13.0. The molecule has 7 heteroatoms. The van der Waals surface area contributed by atoms with E-state index in [1.807, 2.05) is 41.0 Å². The molecule has 2 aromatic carbocycles. The number of fused-ring (bicyclic) bond motifs is 4. The molecule has 7 nitrogen and oxygen atoms in total. The quantitative estimate of drug-likeness (QED) is 0.700. The summed E-state index contributed by atoms with van der Waals surface area (Å²) in [4.78, 5) is 14.9. The Kier molecular flexibility index (Phi) is 4.90. The highest BCUT2D eigenvalue weighted by Gasteiger charge is 2.45. The van der Waals surface area contributed by atoms with E-state index in [4.69, 9.17) is 14.6 Å². The zero-order valence-corrected chi connectivity index (χ0v) is 17.5. The van der Waals surface area contributed by atoms with Crippen molar-refractivity contribution in [3.63, 3.8) is 0 Å². The molecular formula is C24H27N3O4. The average Bonchev–Trinajstić information content (AvgIpc) is 3.21. The van der Waals surface area contributed by atoms with Crippen molar-refractivity contribution in [3.8, 4) is 22.8 Å². The van der Waals surface area contributed by atoms with E-state index < -0.39 is 5.60 Å². The van der Waals surface area contributed by atoms with E-state index in [1.165, 1.54) is 0 Å². The van der Waals surface area contributed by atoms with Crippen LogP contribution >= 0.6 is 0 Å². The number of likely N-dealkylation sites (tertiary alicyclic amines) is 1. The number of para-hydroxylation sites is 1. The summed E-state index contributed by atoms with van der Waals surface area (Å²) < 4.78 is 13.8. The van der Waals surface area contributed by atoms with Crippen LogP contribution in [0.1, 0.15) is 30.2 Å². The van der Waals surface area contributed by atoms with Gasteiger partial charge in [-0.05, 0) is 36.4 Å². The minimum atomic E-state index is -0.462. The number of carbonyl (C=O) groups excluding carboxylic acids is 1. The van der Waals surface area contributed by atoms with E-state index in [-0.39, 0.29) is 20.5 Å². The topological polar surface area (TPSA) is 76.8 Å². The molecule has 1 fully saturated rings. The molecule has 0 unspecified atom stereocenters. The lowest BCUT2D eigenvalue weighted by Crippen LogP contribution is -2.49. The van der Waals surface area contributed by atoms with Crippen molar-refractivity contribution in [1.29, 1.82) is 0 Å². The zero-order valence-electron chi connectivity index (χ0n) is 17.5. The Balaban J connectivity index is 0.00000245. The lowest BCUT2D eigenvalue weighted by atomic mass is 9.81. The van der Waals surface area contributed by atoms with Crippen LogP contribution in [-0.2, 0) is 12.6 Å². The number of ether oxygens (including phenoxy) is 2. The summed E-state index contributed by atoms with van der Waals surface area (Å²) in [5, 5.41) is 13.4. The van der Waals surface area contributed by atoms with Gasteiger partial charge in [0.1, 0.15) is 23.7 Å². The van der Waals surface area contributed by atoms with Gasteiger partial charge in [0.05, 0.1) is 18.5 Å². The van der Waals surface area contributed by atoms with Gasteiger partial charge in [-0.15, -0.1) is 0 Å². The number of carbonyl (C=O) groups is 1. The summed E-state index contributed by atoms with van der Waals surface area (Å²) in [5.41, 5.74) is 3.43. The van der Waals surface area contributed by atoms with Crippen molar-refractivity contribution in [1.82, 2.24) is 14.7 Å². The van der Waals surface area contributed by atoms with E-state index in [1.54, 1.807) is 24.3 Å². The predicted octanol–water partition coefficient (Wildman–Crippen LogP) is 3.23. The Morgan fingerprint density at radius 3 is 2.68 bits per heavy atom. The minimum absolute atomic E-state index is 0. The fourth-order valence-electron chi connectivity index (χ4n) is 4.59. The fourth-order valence-corrected chi connectivity index (χ4v) is 4.59. The molecule has 31 heavy (non-hydrogen) atoms. The molecule has 1 N–H and O–H groups in total. The number of aromatic nitrogens is 2. The van der Waals surface area contributed by atoms with Gasteiger partial charge in [0, 0.05) is 51.1 Å². The third-order valence-electron chi connectivity index (χ3n) is 6.20. The lowest BCUT2D eigenvalue weighted by molar-refractivity contribution is -0.00172. The third kappa shape index (κ3) is 3.35. The number of aryl methyl sites for hydroxylation is 1. The highest BCUT2D eigenvalue weighted by molar-refractivity contribution is 5.94. The van der Waals surface area contributed by atoms with Crippen LogP contribution in [0.3, 0.4) is 0 Å². The smallest absolute Gasteiger partial charge is 0.253 e. The molecule has 1 spiro atoms. The highest BCUT2D eigenvalue weighted by atomic mass is 16.5. The van der Waals surface area contributed by atoms with Crippen LogP contribution < -0.4 is 9.47 Å². The van der Waals surface area contributed by atoms with Crippen molar-refractivity contribution in [3.05, 3.63) is 65.9 Å². The normalized spacial score (nSPS) is 16.4. The second-order valence-corrected chi connectivity index (χ2v) is 8.01. The summed E-state index contributed by atoms with van der Waals surface area (Å²) in [7, 11) is 1.96. The Labute approximate surface area is 182 Å². The molecule has 0 aliphatic carbocycles. The molecule has 0 bridgehead atoms. The SMILES string of the molecule is Cn1ncc2c1-c1ccccc1OC21CCN(C(=O)c2ccc(OCCO)cc2)CC1.[HH]. The van der Waals surface area contributed by atoms with Gasteiger partial charge in [-0.2, -0.15) is 5.10 Å². The summed E-state index contributed by atoms with van der Waals surface area (Å²) in [6.45, 7) is 1.42. The molecule has 0 saturated carbocycles. The van der Waals surface area contributed by atoms with Crippen LogP contribution in [0, 0.1) is 0 Å². The van der Waals surface area contributed by atoms with Gasteiger partial charge >= 0.3 is 0 Å². The molecule has 5 rings (SSSR count). The van der Waals surface area contributed by atoms with Gasteiger partial charge in [-0.3, -0.25) is 9.48 Å². The monoisotopic (exact) mass is 421 g/mol. The second kappa shape index (κ2) is 7.74. The third-order valence-corrected chi connectivity index (χ3v) is 6.20. The molecule has 1 saturated heterocycles. The van der Waals surface area contributed by atoms with Crippen molar-refractivity contribution < 1.29 is 20.8 Å². The Hall–Kier alpha value is -3.32. The van der Waals surface area contributed by atoms with Gasteiger partial charge in [0.2, 0.25) is 0 Å². The van der Waals surface area contributed by atoms with E-state index in [0.29, 0.717) is 37.2 Å². The maximum Gasteiger partial charge on any atom is 0.253 e. The summed E-state index contributed by atoms with van der Waals surface area (Å²) in [6.07, 6.45) is 3.33. The molecule has 3 aromatic rings. The summed E-state index contributed by atoms with van der Waals surface area (Å²) >= 11 is 0. The standard InChI is InChI=1S/C24H25N3O4.H2/c1-26-22-19-4-2-3-5-21(19)31-24(20(22)16-25-26)10-12-27(13-11-24)23(29)17-6-8-18(9-7-17)30-15-14-28;/h2-9,16,28H,10-15H2,1H3;1H. The summed E-state index contributed by atoms with van der Waals surface area (Å²) in [6, 6.07) is 15.1. The minimum Gasteiger partial charge on any atom is -0.491 e. The van der Waals surface area contributed by atoms with Gasteiger partial charge in [0.15, 0.2) is 0 Å². The number of rotatable bonds is 4. The predicted molar refractivity (Wildman–Crippen MR) is 117 cm³/mol. The fraction of sp³-hybridized carbons (Fsp3) is 0.333. The highest BCUT2D eigenvalue weighted by Crippen LogP contribution is 2.49. The Morgan fingerprint density at radius 1 is 1.19 bits per heavy atom. The molecule has 1 aromatic heterocycles. The van der Waals surface area contributed by atoms with Crippen LogP contribution in [0.4, 0.5) is 0 Å². The van der Waals surface area contributed by atoms with Gasteiger partial charge in [-0.1, -0.05) is 12.1 Å². The van der Waals surface area contributed by atoms with Gasteiger partial charge in [0.25, 0.3) is 5.91 Å².